The van der Waals surface area contributed by atoms with Crippen LogP contribution in [0.2, 0.25) is 0 Å². The van der Waals surface area contributed by atoms with Gasteiger partial charge in [0, 0.05) is 49.3 Å². The van der Waals surface area contributed by atoms with Crippen LogP contribution in [0, 0.1) is 11.3 Å². The summed E-state index contributed by atoms with van der Waals surface area (Å²) in [5.41, 5.74) is 4.41. The second-order valence-electron chi connectivity index (χ2n) is 7.82. The molecule has 0 aliphatic carbocycles. The Balaban J connectivity index is 1.70. The molecule has 4 rings (SSSR count). The molecule has 4 aromatic rings. The largest absolute Gasteiger partial charge is 0.378 e. The Hall–Kier alpha value is -3.60. The van der Waals surface area contributed by atoms with Gasteiger partial charge in [0.1, 0.15) is 0 Å². The third-order valence-corrected chi connectivity index (χ3v) is 6.98. The number of H-pyrrole nitrogens is 1. The quantitative estimate of drug-likeness (QED) is 0.447. The van der Waals surface area contributed by atoms with Gasteiger partial charge in [0.15, 0.2) is 0 Å². The summed E-state index contributed by atoms with van der Waals surface area (Å²) in [5.74, 6) is -0.198. The molecule has 0 aliphatic heterocycles. The van der Waals surface area contributed by atoms with Crippen LogP contribution in [0.5, 0.6) is 0 Å². The Morgan fingerprint density at radius 2 is 1.78 bits per heavy atom. The highest BCUT2D eigenvalue weighted by Crippen LogP contribution is 2.31. The molecule has 32 heavy (non-hydrogen) atoms. The van der Waals surface area contributed by atoms with E-state index in [1.54, 1.807) is 12.1 Å². The summed E-state index contributed by atoms with van der Waals surface area (Å²) in [6, 6.07) is 24.1. The van der Waals surface area contributed by atoms with Crippen LogP contribution in [-0.2, 0) is 10.0 Å². The van der Waals surface area contributed by atoms with E-state index in [2.05, 4.69) is 9.71 Å². The van der Waals surface area contributed by atoms with Crippen LogP contribution in [0.3, 0.4) is 0 Å². The number of hydrogen-bond donors (Lipinski definition) is 2. The van der Waals surface area contributed by atoms with Crippen LogP contribution in [0.4, 0.5) is 5.69 Å². The lowest BCUT2D eigenvalue weighted by atomic mass is 9.91. The van der Waals surface area contributed by atoms with Crippen LogP contribution >= 0.6 is 0 Å². The second kappa shape index (κ2) is 8.87. The summed E-state index contributed by atoms with van der Waals surface area (Å²) in [4.78, 5) is 5.39. The third-order valence-electron chi connectivity index (χ3n) is 5.56. The van der Waals surface area contributed by atoms with Crippen LogP contribution in [0.1, 0.15) is 22.6 Å². The highest BCUT2D eigenvalue weighted by Gasteiger charge is 2.22. The lowest BCUT2D eigenvalue weighted by Gasteiger charge is -2.20. The average molecular weight is 445 g/mol. The van der Waals surface area contributed by atoms with Crippen molar-refractivity contribution >= 4 is 26.6 Å². The zero-order chi connectivity index (χ0) is 22.7. The third kappa shape index (κ3) is 4.37. The number of aromatic nitrogens is 1. The minimum absolute atomic E-state index is 0.0807. The zero-order valence-corrected chi connectivity index (χ0v) is 18.7. The molecular formula is C25H24N4O2S. The Kier molecular flexibility index (Phi) is 5.99. The number of para-hydroxylation sites is 1. The Bertz CT molecular complexity index is 1380. The van der Waals surface area contributed by atoms with Crippen molar-refractivity contribution in [2.45, 2.75) is 10.8 Å². The molecule has 0 saturated carbocycles. The van der Waals surface area contributed by atoms with Crippen molar-refractivity contribution in [3.63, 3.8) is 0 Å². The van der Waals surface area contributed by atoms with Crippen molar-refractivity contribution in [1.29, 1.82) is 5.26 Å². The maximum atomic E-state index is 13.0. The lowest BCUT2D eigenvalue weighted by molar-refractivity contribution is 0.577. The molecule has 0 spiro atoms. The number of nitrogens with zero attached hydrogens (tertiary/aromatic N) is 2. The van der Waals surface area contributed by atoms with E-state index in [1.165, 1.54) is 12.1 Å². The fourth-order valence-corrected chi connectivity index (χ4v) is 4.90. The van der Waals surface area contributed by atoms with Crippen molar-refractivity contribution in [1.82, 2.24) is 9.71 Å². The van der Waals surface area contributed by atoms with Gasteiger partial charge in [-0.2, -0.15) is 5.26 Å². The van der Waals surface area contributed by atoms with Gasteiger partial charge in [0.25, 0.3) is 0 Å². The average Bonchev–Trinajstić information content (AvgIpc) is 3.23. The first-order chi connectivity index (χ1) is 15.4. The summed E-state index contributed by atoms with van der Waals surface area (Å²) >= 11 is 0. The highest BCUT2D eigenvalue weighted by atomic mass is 32.2. The predicted molar refractivity (Wildman–Crippen MR) is 127 cm³/mol. The van der Waals surface area contributed by atoms with Gasteiger partial charge in [-0.25, -0.2) is 13.1 Å². The smallest absolute Gasteiger partial charge is 0.240 e. The molecule has 3 aromatic carbocycles. The van der Waals surface area contributed by atoms with Gasteiger partial charge in [-0.15, -0.1) is 0 Å². The van der Waals surface area contributed by atoms with E-state index in [-0.39, 0.29) is 17.4 Å². The first kappa shape index (κ1) is 21.6. The summed E-state index contributed by atoms with van der Waals surface area (Å²) in [7, 11) is 0.182. The molecule has 0 bridgehead atoms. The standard InChI is InChI=1S/C25H24N4O2S/c1-29(2)20-12-10-19(11-13-20)23(24-16-27-25-9-4-3-8-22(24)25)17-28-32(30,31)21-7-5-6-18(14-21)15-26/h3-14,16,23,27-28H,17H2,1-2H3/t23-/m1/s1. The molecule has 0 saturated heterocycles. The number of nitrogens with one attached hydrogen (secondary N) is 2. The Morgan fingerprint density at radius 3 is 2.50 bits per heavy atom. The van der Waals surface area contributed by atoms with E-state index in [4.69, 9.17) is 5.26 Å². The second-order valence-corrected chi connectivity index (χ2v) is 9.59. The van der Waals surface area contributed by atoms with Crippen molar-refractivity contribution in [2.75, 3.05) is 25.5 Å². The number of hydrogen-bond acceptors (Lipinski definition) is 4. The molecule has 6 nitrogen and oxygen atoms in total. The van der Waals surface area contributed by atoms with Gasteiger partial charge in [-0.1, -0.05) is 36.4 Å². The summed E-state index contributed by atoms with van der Waals surface area (Å²) in [5, 5.41) is 10.2. The fraction of sp³-hybridized carbons (Fsp3) is 0.160. The van der Waals surface area contributed by atoms with Crippen molar-refractivity contribution < 1.29 is 8.42 Å². The van der Waals surface area contributed by atoms with E-state index in [0.29, 0.717) is 5.56 Å². The monoisotopic (exact) mass is 444 g/mol. The number of rotatable bonds is 7. The number of anilines is 1. The molecule has 1 heterocycles. The molecule has 0 amide bonds. The maximum Gasteiger partial charge on any atom is 0.240 e. The van der Waals surface area contributed by atoms with E-state index in [1.807, 2.05) is 79.8 Å². The SMILES string of the molecule is CN(C)c1ccc([C@@H](CNS(=O)(=O)c2cccc(C#N)c2)c2c[nH]c3ccccc23)cc1. The van der Waals surface area contributed by atoms with E-state index in [9.17, 15) is 8.42 Å². The zero-order valence-electron chi connectivity index (χ0n) is 17.9. The number of sulfonamides is 1. The number of benzene rings is 3. The minimum atomic E-state index is -3.78. The molecule has 0 radical (unpaired) electrons. The van der Waals surface area contributed by atoms with E-state index >= 15 is 0 Å². The van der Waals surface area contributed by atoms with Gasteiger partial charge in [-0.3, -0.25) is 0 Å². The predicted octanol–water partition coefficient (Wildman–Crippen LogP) is 4.22. The molecule has 0 aliphatic rings. The molecule has 0 fully saturated rings. The normalized spacial score (nSPS) is 12.4. The summed E-state index contributed by atoms with van der Waals surface area (Å²) in [6.45, 7) is 0.183. The first-order valence-corrected chi connectivity index (χ1v) is 11.7. The molecule has 0 unspecified atom stereocenters. The molecular weight excluding hydrogens is 420 g/mol. The Labute approximate surface area is 188 Å². The number of fused-ring (bicyclic) bond motifs is 1. The molecule has 1 aromatic heterocycles. The van der Waals surface area contributed by atoms with Gasteiger partial charge in [-0.05, 0) is 47.5 Å². The van der Waals surface area contributed by atoms with E-state index < -0.39 is 10.0 Å². The Morgan fingerprint density at radius 1 is 1.03 bits per heavy atom. The van der Waals surface area contributed by atoms with Crippen LogP contribution < -0.4 is 9.62 Å². The van der Waals surface area contributed by atoms with Gasteiger partial charge >= 0.3 is 0 Å². The molecule has 2 N–H and O–H groups in total. The number of aromatic amines is 1. The fourth-order valence-electron chi connectivity index (χ4n) is 3.80. The molecule has 162 valence electrons. The van der Waals surface area contributed by atoms with Gasteiger partial charge in [0.2, 0.25) is 10.0 Å². The minimum Gasteiger partial charge on any atom is -0.378 e. The number of nitriles is 1. The van der Waals surface area contributed by atoms with Crippen molar-refractivity contribution in [2.24, 2.45) is 0 Å². The molecule has 7 heteroatoms. The van der Waals surface area contributed by atoms with Crippen molar-refractivity contribution in [3.05, 3.63) is 95.7 Å². The van der Waals surface area contributed by atoms with Crippen LogP contribution in [-0.4, -0.2) is 34.0 Å². The van der Waals surface area contributed by atoms with Crippen LogP contribution in [0.25, 0.3) is 10.9 Å². The van der Waals surface area contributed by atoms with Crippen molar-refractivity contribution in [3.8, 4) is 6.07 Å². The van der Waals surface area contributed by atoms with Gasteiger partial charge in [0.05, 0.1) is 16.5 Å². The highest BCUT2D eigenvalue weighted by molar-refractivity contribution is 7.89. The lowest BCUT2D eigenvalue weighted by Crippen LogP contribution is -2.29. The van der Waals surface area contributed by atoms with Crippen LogP contribution in [0.15, 0.2) is 83.9 Å². The maximum absolute atomic E-state index is 13.0. The van der Waals surface area contributed by atoms with Gasteiger partial charge < -0.3 is 9.88 Å². The molecule has 1 atom stereocenters. The summed E-state index contributed by atoms with van der Waals surface area (Å²) < 4.78 is 28.7. The first-order valence-electron chi connectivity index (χ1n) is 10.2. The van der Waals surface area contributed by atoms with E-state index in [0.717, 1.165) is 27.7 Å². The summed E-state index contributed by atoms with van der Waals surface area (Å²) in [6.07, 6.45) is 1.94. The topological polar surface area (TPSA) is 89.0 Å².